The molecule has 1 saturated heterocycles. The van der Waals surface area contributed by atoms with Crippen LogP contribution in [0.25, 0.3) is 0 Å². The summed E-state index contributed by atoms with van der Waals surface area (Å²) in [6.07, 6.45) is -0.0722. The lowest BCUT2D eigenvalue weighted by molar-refractivity contribution is -0.0138. The monoisotopic (exact) mass is 353 g/mol. The van der Waals surface area contributed by atoms with Gasteiger partial charge in [0.15, 0.2) is 0 Å². The lowest BCUT2D eigenvalue weighted by atomic mass is 10.2. The van der Waals surface area contributed by atoms with Crippen LogP contribution in [0.1, 0.15) is 11.8 Å². The highest BCUT2D eigenvalue weighted by Crippen LogP contribution is 2.28. The molecule has 1 aliphatic heterocycles. The zero-order valence-corrected chi connectivity index (χ0v) is 13.5. The van der Waals surface area contributed by atoms with E-state index in [0.29, 0.717) is 22.7 Å². The van der Waals surface area contributed by atoms with E-state index in [1.807, 2.05) is 19.9 Å². The first kappa shape index (κ1) is 14.5. The third-order valence-electron chi connectivity index (χ3n) is 2.90. The van der Waals surface area contributed by atoms with E-state index >= 15 is 0 Å². The number of nitrogens with zero attached hydrogens (tertiary/aromatic N) is 1. The number of sulfonamides is 1. The van der Waals surface area contributed by atoms with Crippen LogP contribution in [0, 0.1) is 6.92 Å². The molecule has 4 nitrogen and oxygen atoms in total. The molecule has 2 unspecified atom stereocenters. The predicted octanol–water partition coefficient (Wildman–Crippen LogP) is 2.23. The SMILES string of the molecule is Cc1ccc(S(=O)(=O)N2CC(CBr)OCC2C)s1. The maximum absolute atomic E-state index is 12.5. The molecule has 2 atom stereocenters. The summed E-state index contributed by atoms with van der Waals surface area (Å²) in [5, 5.41) is 0.648. The molecular weight excluding hydrogens is 338 g/mol. The van der Waals surface area contributed by atoms with Crippen LogP contribution in [0.5, 0.6) is 0 Å². The number of aryl methyl sites for hydroxylation is 1. The van der Waals surface area contributed by atoms with Crippen molar-refractivity contribution in [2.45, 2.75) is 30.2 Å². The molecule has 1 aromatic rings. The van der Waals surface area contributed by atoms with Gasteiger partial charge in [-0.1, -0.05) is 15.9 Å². The van der Waals surface area contributed by atoms with E-state index in [1.54, 1.807) is 10.4 Å². The highest BCUT2D eigenvalue weighted by Gasteiger charge is 2.35. The summed E-state index contributed by atoms with van der Waals surface area (Å²) in [5.74, 6) is 0. The fourth-order valence-electron chi connectivity index (χ4n) is 1.89. The van der Waals surface area contributed by atoms with Crippen LogP contribution in [-0.4, -0.2) is 43.4 Å². The molecule has 7 heteroatoms. The molecule has 0 bridgehead atoms. The number of hydrogen-bond donors (Lipinski definition) is 0. The number of rotatable bonds is 3. The predicted molar refractivity (Wildman–Crippen MR) is 75.9 cm³/mol. The first-order chi connectivity index (χ1) is 8.45. The van der Waals surface area contributed by atoms with Crippen molar-refractivity contribution < 1.29 is 13.2 Å². The first-order valence-electron chi connectivity index (χ1n) is 5.71. The van der Waals surface area contributed by atoms with Crippen molar-refractivity contribution in [2.24, 2.45) is 0 Å². The topological polar surface area (TPSA) is 46.6 Å². The molecule has 1 aromatic heterocycles. The van der Waals surface area contributed by atoms with Gasteiger partial charge < -0.3 is 4.74 Å². The normalized spacial score (nSPS) is 26.4. The van der Waals surface area contributed by atoms with Gasteiger partial charge >= 0.3 is 0 Å². The van der Waals surface area contributed by atoms with Crippen molar-refractivity contribution >= 4 is 37.3 Å². The Labute approximate surface area is 120 Å². The summed E-state index contributed by atoms with van der Waals surface area (Å²) in [6.45, 7) is 4.64. The number of ether oxygens (including phenoxy) is 1. The first-order valence-corrected chi connectivity index (χ1v) is 9.09. The highest BCUT2D eigenvalue weighted by molar-refractivity contribution is 9.09. The van der Waals surface area contributed by atoms with Crippen LogP contribution in [0.2, 0.25) is 0 Å². The number of hydrogen-bond acceptors (Lipinski definition) is 4. The molecule has 0 aromatic carbocycles. The zero-order chi connectivity index (χ0) is 13.3. The van der Waals surface area contributed by atoms with E-state index < -0.39 is 10.0 Å². The average molecular weight is 354 g/mol. The van der Waals surface area contributed by atoms with Crippen molar-refractivity contribution in [3.05, 3.63) is 17.0 Å². The van der Waals surface area contributed by atoms with Gasteiger partial charge in [0, 0.05) is 22.8 Å². The molecular formula is C11H16BrNO3S2. The number of thiophene rings is 1. The van der Waals surface area contributed by atoms with Gasteiger partial charge in [0.05, 0.1) is 12.7 Å². The lowest BCUT2D eigenvalue weighted by Crippen LogP contribution is -2.51. The maximum Gasteiger partial charge on any atom is 0.252 e. The summed E-state index contributed by atoms with van der Waals surface area (Å²) in [6, 6.07) is 3.40. The van der Waals surface area contributed by atoms with Gasteiger partial charge in [-0.25, -0.2) is 8.42 Å². The molecule has 0 N–H and O–H groups in total. The molecule has 1 aliphatic rings. The number of alkyl halides is 1. The number of halogens is 1. The Morgan fingerprint density at radius 2 is 2.28 bits per heavy atom. The van der Waals surface area contributed by atoms with Crippen molar-refractivity contribution in [2.75, 3.05) is 18.5 Å². The van der Waals surface area contributed by atoms with E-state index in [1.165, 1.54) is 11.3 Å². The lowest BCUT2D eigenvalue weighted by Gasteiger charge is -2.36. The van der Waals surface area contributed by atoms with Gasteiger partial charge in [-0.15, -0.1) is 11.3 Å². The fourth-order valence-corrected chi connectivity index (χ4v) is 5.34. The van der Waals surface area contributed by atoms with E-state index in [2.05, 4.69) is 15.9 Å². The molecule has 1 fully saturated rings. The Morgan fingerprint density at radius 1 is 1.56 bits per heavy atom. The standard InChI is InChI=1S/C11H16BrNO3S2/c1-8-7-16-10(5-12)6-13(8)18(14,15)11-4-3-9(2)17-11/h3-4,8,10H,5-7H2,1-2H3. The smallest absolute Gasteiger partial charge is 0.252 e. The van der Waals surface area contributed by atoms with Crippen LogP contribution in [0.4, 0.5) is 0 Å². The van der Waals surface area contributed by atoms with E-state index in [4.69, 9.17) is 4.74 Å². The molecule has 0 saturated carbocycles. The molecule has 0 amide bonds. The average Bonchev–Trinajstić information content (AvgIpc) is 2.77. The van der Waals surface area contributed by atoms with Crippen molar-refractivity contribution in [3.63, 3.8) is 0 Å². The minimum Gasteiger partial charge on any atom is -0.374 e. The van der Waals surface area contributed by atoms with E-state index in [0.717, 1.165) is 4.88 Å². The van der Waals surface area contributed by atoms with Gasteiger partial charge in [-0.3, -0.25) is 0 Å². The summed E-state index contributed by atoms with van der Waals surface area (Å²) in [4.78, 5) is 1.01. The minimum atomic E-state index is -3.38. The molecule has 0 radical (unpaired) electrons. The summed E-state index contributed by atoms with van der Waals surface area (Å²) in [5.41, 5.74) is 0. The quantitative estimate of drug-likeness (QED) is 0.782. The Hall–Kier alpha value is 0.0500. The fraction of sp³-hybridized carbons (Fsp3) is 0.636. The molecule has 102 valence electrons. The summed E-state index contributed by atoms with van der Waals surface area (Å²) >= 11 is 4.66. The molecule has 18 heavy (non-hydrogen) atoms. The van der Waals surface area contributed by atoms with Crippen LogP contribution in [-0.2, 0) is 14.8 Å². The van der Waals surface area contributed by atoms with Crippen LogP contribution < -0.4 is 0 Å². The summed E-state index contributed by atoms with van der Waals surface area (Å²) in [7, 11) is -3.38. The van der Waals surface area contributed by atoms with Gasteiger partial charge in [-0.2, -0.15) is 4.31 Å². The zero-order valence-electron chi connectivity index (χ0n) is 10.3. The minimum absolute atomic E-state index is 0.0722. The number of morpholine rings is 1. The Kier molecular flexibility index (Phi) is 4.48. The highest BCUT2D eigenvalue weighted by atomic mass is 79.9. The van der Waals surface area contributed by atoms with Crippen molar-refractivity contribution in [1.29, 1.82) is 0 Å². The third-order valence-corrected chi connectivity index (χ3v) is 7.07. The third kappa shape index (κ3) is 2.80. The van der Waals surface area contributed by atoms with Crippen molar-refractivity contribution in [3.8, 4) is 0 Å². The maximum atomic E-state index is 12.5. The van der Waals surface area contributed by atoms with Gasteiger partial charge in [0.2, 0.25) is 0 Å². The second-order valence-electron chi connectivity index (χ2n) is 4.40. The van der Waals surface area contributed by atoms with E-state index in [9.17, 15) is 8.42 Å². The Balaban J connectivity index is 2.28. The van der Waals surface area contributed by atoms with Gasteiger partial charge in [0.25, 0.3) is 10.0 Å². The second kappa shape index (κ2) is 5.58. The summed E-state index contributed by atoms with van der Waals surface area (Å²) < 4.78 is 32.6. The van der Waals surface area contributed by atoms with Crippen LogP contribution in [0.15, 0.2) is 16.3 Å². The molecule has 0 aliphatic carbocycles. The molecule has 2 rings (SSSR count). The molecule has 0 spiro atoms. The van der Waals surface area contributed by atoms with Crippen LogP contribution in [0.3, 0.4) is 0 Å². The second-order valence-corrected chi connectivity index (χ2v) is 8.45. The molecule has 2 heterocycles. The van der Waals surface area contributed by atoms with E-state index in [-0.39, 0.29) is 12.1 Å². The van der Waals surface area contributed by atoms with Crippen LogP contribution >= 0.6 is 27.3 Å². The van der Waals surface area contributed by atoms with Gasteiger partial charge in [0.1, 0.15) is 4.21 Å². The Morgan fingerprint density at radius 3 is 2.83 bits per heavy atom. The Bertz CT molecular complexity index is 514. The largest absolute Gasteiger partial charge is 0.374 e. The van der Waals surface area contributed by atoms with Gasteiger partial charge in [-0.05, 0) is 26.0 Å². The van der Waals surface area contributed by atoms with Crippen molar-refractivity contribution in [1.82, 2.24) is 4.31 Å².